The molecule has 5 nitrogen and oxygen atoms in total. The first-order chi connectivity index (χ1) is 13.7. The number of piperidine rings is 1. The van der Waals surface area contributed by atoms with E-state index in [1.165, 1.54) is 37.7 Å². The molecule has 1 saturated carbocycles. The fraction of sp³-hybridized carbons (Fsp3) is 0.696. The van der Waals surface area contributed by atoms with Crippen molar-refractivity contribution in [2.45, 2.75) is 57.4 Å². The molecule has 28 heavy (non-hydrogen) atoms. The van der Waals surface area contributed by atoms with Crippen LogP contribution in [0.5, 0.6) is 11.5 Å². The third kappa shape index (κ3) is 4.62. The molecule has 4 rings (SSSR count). The van der Waals surface area contributed by atoms with E-state index < -0.39 is 0 Å². The van der Waals surface area contributed by atoms with Gasteiger partial charge in [0.2, 0.25) is 5.91 Å². The van der Waals surface area contributed by atoms with E-state index in [0.717, 1.165) is 49.9 Å². The second-order valence-electron chi connectivity index (χ2n) is 8.70. The number of rotatable bonds is 5. The van der Waals surface area contributed by atoms with Gasteiger partial charge in [0.05, 0.1) is 13.7 Å². The van der Waals surface area contributed by atoms with Crippen LogP contribution < -0.4 is 14.8 Å². The van der Waals surface area contributed by atoms with E-state index in [0.29, 0.717) is 19.1 Å². The average molecular weight is 387 g/mol. The molecular formula is C23H34N2O3. The fourth-order valence-corrected chi connectivity index (χ4v) is 5.04. The number of nitrogens with one attached hydrogen (secondary N) is 1. The SMILES string of the molecule is COc1ccc2c(c1)OC[C@H](CNC(=O)C1CCN(C3CCCCC3)CC1)C2. The minimum Gasteiger partial charge on any atom is -0.497 e. The fourth-order valence-electron chi connectivity index (χ4n) is 5.04. The molecule has 0 spiro atoms. The van der Waals surface area contributed by atoms with Gasteiger partial charge in [-0.1, -0.05) is 25.3 Å². The van der Waals surface area contributed by atoms with E-state index in [9.17, 15) is 4.79 Å². The zero-order valence-corrected chi connectivity index (χ0v) is 17.1. The monoisotopic (exact) mass is 386 g/mol. The van der Waals surface area contributed by atoms with Crippen LogP contribution >= 0.6 is 0 Å². The third-order valence-electron chi connectivity index (χ3n) is 6.81. The molecule has 1 atom stereocenters. The summed E-state index contributed by atoms with van der Waals surface area (Å²) >= 11 is 0. The number of fused-ring (bicyclic) bond motifs is 1. The Morgan fingerprint density at radius 3 is 2.71 bits per heavy atom. The number of hydrogen-bond donors (Lipinski definition) is 1. The first-order valence-corrected chi connectivity index (χ1v) is 11.0. The van der Waals surface area contributed by atoms with Gasteiger partial charge in [0, 0.05) is 30.5 Å². The van der Waals surface area contributed by atoms with E-state index in [2.05, 4.69) is 16.3 Å². The molecule has 1 aromatic carbocycles. The van der Waals surface area contributed by atoms with Gasteiger partial charge < -0.3 is 19.7 Å². The lowest BCUT2D eigenvalue weighted by Crippen LogP contribution is -2.46. The van der Waals surface area contributed by atoms with Crippen molar-refractivity contribution in [2.24, 2.45) is 11.8 Å². The standard InChI is InChI=1S/C23H34N2O3/c1-27-21-8-7-19-13-17(16-28-22(19)14-21)15-24-23(26)18-9-11-25(12-10-18)20-5-3-2-4-6-20/h7-8,14,17-18,20H,2-6,9-13,15-16H2,1H3,(H,24,26)/t17-/m0/s1. The smallest absolute Gasteiger partial charge is 0.223 e. The molecule has 1 N–H and O–H groups in total. The van der Waals surface area contributed by atoms with Crippen LogP contribution in [0.15, 0.2) is 18.2 Å². The van der Waals surface area contributed by atoms with Crippen LogP contribution in [0, 0.1) is 11.8 Å². The summed E-state index contributed by atoms with van der Waals surface area (Å²) in [5.74, 6) is 2.50. The molecule has 2 heterocycles. The summed E-state index contributed by atoms with van der Waals surface area (Å²) < 4.78 is 11.2. The van der Waals surface area contributed by atoms with E-state index in [-0.39, 0.29) is 11.8 Å². The Morgan fingerprint density at radius 1 is 1.18 bits per heavy atom. The summed E-state index contributed by atoms with van der Waals surface area (Å²) in [6.45, 7) is 3.53. The molecule has 154 valence electrons. The predicted octanol–water partition coefficient (Wildman–Crippen LogP) is 3.41. The highest BCUT2D eigenvalue weighted by Gasteiger charge is 2.30. The molecule has 1 aromatic rings. The topological polar surface area (TPSA) is 50.8 Å². The van der Waals surface area contributed by atoms with Crippen molar-refractivity contribution in [3.63, 3.8) is 0 Å². The number of carbonyl (C=O) groups excluding carboxylic acids is 1. The van der Waals surface area contributed by atoms with Crippen molar-refractivity contribution in [1.82, 2.24) is 10.2 Å². The van der Waals surface area contributed by atoms with Crippen LogP contribution in [0.1, 0.15) is 50.5 Å². The highest BCUT2D eigenvalue weighted by molar-refractivity contribution is 5.78. The van der Waals surface area contributed by atoms with Gasteiger partial charge in [-0.15, -0.1) is 0 Å². The van der Waals surface area contributed by atoms with Gasteiger partial charge in [0.25, 0.3) is 0 Å². The Labute approximate surface area is 168 Å². The van der Waals surface area contributed by atoms with E-state index in [1.54, 1.807) is 7.11 Å². The lowest BCUT2D eigenvalue weighted by molar-refractivity contribution is -0.127. The van der Waals surface area contributed by atoms with Crippen molar-refractivity contribution in [3.05, 3.63) is 23.8 Å². The summed E-state index contributed by atoms with van der Waals surface area (Å²) in [5.41, 5.74) is 1.20. The summed E-state index contributed by atoms with van der Waals surface area (Å²) in [5, 5.41) is 3.21. The number of nitrogens with zero attached hydrogens (tertiary/aromatic N) is 1. The first-order valence-electron chi connectivity index (χ1n) is 11.0. The molecular weight excluding hydrogens is 352 g/mol. The average Bonchev–Trinajstić information content (AvgIpc) is 2.77. The van der Waals surface area contributed by atoms with Gasteiger partial charge in [0.15, 0.2) is 0 Å². The maximum atomic E-state index is 12.7. The summed E-state index contributed by atoms with van der Waals surface area (Å²) in [6.07, 6.45) is 9.82. The number of ether oxygens (including phenoxy) is 2. The Kier molecular flexibility index (Phi) is 6.40. The minimum atomic E-state index is 0.181. The number of likely N-dealkylation sites (tertiary alicyclic amines) is 1. The van der Waals surface area contributed by atoms with E-state index >= 15 is 0 Å². The maximum absolute atomic E-state index is 12.7. The van der Waals surface area contributed by atoms with E-state index in [1.807, 2.05) is 12.1 Å². The van der Waals surface area contributed by atoms with Gasteiger partial charge in [-0.05, 0) is 56.8 Å². The van der Waals surface area contributed by atoms with Crippen molar-refractivity contribution >= 4 is 5.91 Å². The van der Waals surface area contributed by atoms with Gasteiger partial charge in [0.1, 0.15) is 11.5 Å². The number of methoxy groups -OCH3 is 1. The molecule has 1 aliphatic carbocycles. The summed E-state index contributed by atoms with van der Waals surface area (Å²) in [7, 11) is 1.67. The Balaban J connectivity index is 1.21. The van der Waals surface area contributed by atoms with Gasteiger partial charge in [-0.2, -0.15) is 0 Å². The summed E-state index contributed by atoms with van der Waals surface area (Å²) in [6, 6.07) is 6.77. The van der Waals surface area contributed by atoms with Crippen LogP contribution in [0.3, 0.4) is 0 Å². The molecule has 0 radical (unpaired) electrons. The first kappa shape index (κ1) is 19.6. The quantitative estimate of drug-likeness (QED) is 0.843. The van der Waals surface area contributed by atoms with Crippen molar-refractivity contribution < 1.29 is 14.3 Å². The van der Waals surface area contributed by atoms with Crippen LogP contribution in [0.25, 0.3) is 0 Å². The van der Waals surface area contributed by atoms with Crippen LogP contribution in [0.2, 0.25) is 0 Å². The molecule has 0 unspecified atom stereocenters. The number of carbonyl (C=O) groups is 1. The molecule has 2 fully saturated rings. The largest absolute Gasteiger partial charge is 0.497 e. The van der Waals surface area contributed by atoms with Crippen LogP contribution in [-0.2, 0) is 11.2 Å². The normalized spacial score (nSPS) is 24.2. The number of benzene rings is 1. The van der Waals surface area contributed by atoms with Crippen molar-refractivity contribution in [3.8, 4) is 11.5 Å². The third-order valence-corrected chi connectivity index (χ3v) is 6.81. The molecule has 5 heteroatoms. The Bertz CT molecular complexity index is 664. The summed E-state index contributed by atoms with van der Waals surface area (Å²) in [4.78, 5) is 15.3. The minimum absolute atomic E-state index is 0.181. The molecule has 2 aliphatic heterocycles. The Morgan fingerprint density at radius 2 is 1.96 bits per heavy atom. The van der Waals surface area contributed by atoms with Crippen LogP contribution in [-0.4, -0.2) is 50.2 Å². The molecule has 3 aliphatic rings. The highest BCUT2D eigenvalue weighted by atomic mass is 16.5. The molecule has 0 aromatic heterocycles. The van der Waals surface area contributed by atoms with Crippen LogP contribution in [0.4, 0.5) is 0 Å². The molecule has 0 bridgehead atoms. The lowest BCUT2D eigenvalue weighted by atomic mass is 9.89. The van der Waals surface area contributed by atoms with Gasteiger partial charge >= 0.3 is 0 Å². The lowest BCUT2D eigenvalue weighted by Gasteiger charge is -2.39. The van der Waals surface area contributed by atoms with Crippen molar-refractivity contribution in [2.75, 3.05) is 33.4 Å². The molecule has 1 amide bonds. The second kappa shape index (κ2) is 9.17. The number of amides is 1. The van der Waals surface area contributed by atoms with Gasteiger partial charge in [-0.25, -0.2) is 0 Å². The Hall–Kier alpha value is -1.75. The predicted molar refractivity (Wildman–Crippen MR) is 110 cm³/mol. The number of hydrogen-bond acceptors (Lipinski definition) is 4. The van der Waals surface area contributed by atoms with Crippen molar-refractivity contribution in [1.29, 1.82) is 0 Å². The molecule has 1 saturated heterocycles. The zero-order valence-electron chi connectivity index (χ0n) is 17.1. The zero-order chi connectivity index (χ0) is 19.3. The second-order valence-corrected chi connectivity index (χ2v) is 8.70. The van der Waals surface area contributed by atoms with Gasteiger partial charge in [-0.3, -0.25) is 4.79 Å². The highest BCUT2D eigenvalue weighted by Crippen LogP contribution is 2.31. The maximum Gasteiger partial charge on any atom is 0.223 e. The van der Waals surface area contributed by atoms with E-state index in [4.69, 9.17) is 9.47 Å².